The number of carbonyl (C=O) groups is 1. The highest BCUT2D eigenvalue weighted by atomic mass is 32.2. The first-order valence-corrected chi connectivity index (χ1v) is 11.5. The molecular formula is C23H23NO4S. The number of sulfone groups is 1. The fourth-order valence-corrected chi connectivity index (χ4v) is 5.93. The lowest BCUT2D eigenvalue weighted by molar-refractivity contribution is -0.122. The van der Waals surface area contributed by atoms with Gasteiger partial charge < -0.3 is 10.4 Å². The van der Waals surface area contributed by atoms with Gasteiger partial charge >= 0.3 is 0 Å². The molecule has 0 aromatic heterocycles. The van der Waals surface area contributed by atoms with E-state index in [2.05, 4.69) is 5.32 Å². The lowest BCUT2D eigenvalue weighted by Gasteiger charge is -2.23. The predicted octanol–water partition coefficient (Wildman–Crippen LogP) is 3.58. The Labute approximate surface area is 170 Å². The van der Waals surface area contributed by atoms with Gasteiger partial charge in [0.1, 0.15) is 5.75 Å². The first-order chi connectivity index (χ1) is 13.9. The molecule has 1 aliphatic heterocycles. The van der Waals surface area contributed by atoms with E-state index >= 15 is 0 Å². The van der Waals surface area contributed by atoms with Crippen LogP contribution in [-0.4, -0.2) is 30.9 Å². The molecule has 0 bridgehead atoms. The van der Waals surface area contributed by atoms with Crippen LogP contribution >= 0.6 is 0 Å². The molecule has 29 heavy (non-hydrogen) atoms. The van der Waals surface area contributed by atoms with Crippen LogP contribution in [0.4, 0.5) is 0 Å². The van der Waals surface area contributed by atoms with Gasteiger partial charge in [0.15, 0.2) is 9.84 Å². The second-order valence-corrected chi connectivity index (χ2v) is 9.83. The van der Waals surface area contributed by atoms with Gasteiger partial charge in [-0.25, -0.2) is 8.42 Å². The van der Waals surface area contributed by atoms with Crippen LogP contribution in [-0.2, 0) is 14.6 Å². The molecule has 1 amide bonds. The van der Waals surface area contributed by atoms with Crippen molar-refractivity contribution in [3.05, 3.63) is 77.9 Å². The van der Waals surface area contributed by atoms with Crippen molar-refractivity contribution in [2.24, 2.45) is 5.92 Å². The Balaban J connectivity index is 1.69. The molecule has 1 heterocycles. The molecule has 2 N–H and O–H groups in total. The molecule has 6 heteroatoms. The van der Waals surface area contributed by atoms with Crippen LogP contribution in [0, 0.1) is 5.92 Å². The number of nitrogens with one attached hydrogen (secondary N) is 1. The van der Waals surface area contributed by atoms with Crippen molar-refractivity contribution < 1.29 is 18.3 Å². The van der Waals surface area contributed by atoms with Crippen LogP contribution in [0.1, 0.15) is 30.0 Å². The summed E-state index contributed by atoms with van der Waals surface area (Å²) in [5.41, 5.74) is 1.49. The quantitative estimate of drug-likeness (QED) is 0.675. The third-order valence-electron chi connectivity index (χ3n) is 5.48. The molecule has 150 valence electrons. The molecule has 0 unspecified atom stereocenters. The van der Waals surface area contributed by atoms with Crippen molar-refractivity contribution in [2.45, 2.75) is 18.9 Å². The summed E-state index contributed by atoms with van der Waals surface area (Å²) >= 11 is 0. The molecule has 1 aliphatic rings. The average Bonchev–Trinajstić information content (AvgIpc) is 3.05. The molecule has 0 aliphatic carbocycles. The highest BCUT2D eigenvalue weighted by molar-refractivity contribution is 7.91. The number of fused-ring (bicyclic) bond motifs is 1. The van der Waals surface area contributed by atoms with E-state index in [9.17, 15) is 18.3 Å². The van der Waals surface area contributed by atoms with Gasteiger partial charge in [-0.05, 0) is 34.7 Å². The minimum Gasteiger partial charge on any atom is -0.508 e. The summed E-state index contributed by atoms with van der Waals surface area (Å²) in [5, 5.41) is 15.6. The van der Waals surface area contributed by atoms with Gasteiger partial charge in [-0.1, -0.05) is 60.7 Å². The number of rotatable bonds is 5. The van der Waals surface area contributed by atoms with E-state index in [1.165, 1.54) is 0 Å². The van der Waals surface area contributed by atoms with E-state index in [0.29, 0.717) is 12.0 Å². The van der Waals surface area contributed by atoms with Crippen LogP contribution in [0.5, 0.6) is 5.75 Å². The van der Waals surface area contributed by atoms with Crippen LogP contribution in [0.25, 0.3) is 10.8 Å². The van der Waals surface area contributed by atoms with Crippen LogP contribution in [0.2, 0.25) is 0 Å². The summed E-state index contributed by atoms with van der Waals surface area (Å²) in [6.07, 6.45) is 0.680. The average molecular weight is 410 g/mol. The number of aromatic hydroxyl groups is 1. The summed E-state index contributed by atoms with van der Waals surface area (Å²) in [4.78, 5) is 12.8. The summed E-state index contributed by atoms with van der Waals surface area (Å²) in [7, 11) is -3.03. The second kappa shape index (κ2) is 7.87. The van der Waals surface area contributed by atoms with Crippen LogP contribution in [0.3, 0.4) is 0 Å². The van der Waals surface area contributed by atoms with Gasteiger partial charge in [-0.15, -0.1) is 0 Å². The molecule has 1 fully saturated rings. The van der Waals surface area contributed by atoms with Gasteiger partial charge in [0.2, 0.25) is 5.91 Å². The lowest BCUT2D eigenvalue weighted by Crippen LogP contribution is -2.31. The molecule has 2 atom stereocenters. The van der Waals surface area contributed by atoms with Gasteiger partial charge in [-0.2, -0.15) is 0 Å². The van der Waals surface area contributed by atoms with Crippen molar-refractivity contribution in [3.8, 4) is 5.75 Å². The number of benzene rings is 3. The van der Waals surface area contributed by atoms with E-state index in [0.717, 1.165) is 16.3 Å². The van der Waals surface area contributed by atoms with Gasteiger partial charge in [-0.3, -0.25) is 4.79 Å². The zero-order valence-electron chi connectivity index (χ0n) is 15.9. The van der Waals surface area contributed by atoms with E-state index in [-0.39, 0.29) is 35.5 Å². The van der Waals surface area contributed by atoms with Crippen molar-refractivity contribution in [2.75, 3.05) is 11.5 Å². The number of hydrogen-bond donors (Lipinski definition) is 2. The van der Waals surface area contributed by atoms with Crippen LogP contribution in [0.15, 0.2) is 66.7 Å². The van der Waals surface area contributed by atoms with E-state index in [1.807, 2.05) is 60.7 Å². The maximum absolute atomic E-state index is 12.8. The Morgan fingerprint density at radius 2 is 1.76 bits per heavy atom. The normalized spacial score (nSPS) is 19.1. The monoisotopic (exact) mass is 409 g/mol. The smallest absolute Gasteiger partial charge is 0.221 e. The van der Waals surface area contributed by atoms with Gasteiger partial charge in [0.25, 0.3) is 0 Å². The summed E-state index contributed by atoms with van der Waals surface area (Å²) in [6, 6.07) is 20.2. The first-order valence-electron chi connectivity index (χ1n) is 9.68. The number of phenolic OH excluding ortho intramolecular Hbond substituents is 1. The molecule has 4 rings (SSSR count). The Morgan fingerprint density at radius 1 is 1.03 bits per heavy atom. The zero-order valence-corrected chi connectivity index (χ0v) is 16.7. The Bertz CT molecular complexity index is 1140. The van der Waals surface area contributed by atoms with Gasteiger partial charge in [0, 0.05) is 12.0 Å². The Morgan fingerprint density at radius 3 is 2.48 bits per heavy atom. The van der Waals surface area contributed by atoms with Gasteiger partial charge in [0.05, 0.1) is 17.5 Å². The van der Waals surface area contributed by atoms with Crippen molar-refractivity contribution in [1.82, 2.24) is 5.32 Å². The van der Waals surface area contributed by atoms with Crippen molar-refractivity contribution in [1.29, 1.82) is 0 Å². The Hall–Kier alpha value is -2.86. The highest BCUT2D eigenvalue weighted by Gasteiger charge is 2.30. The van der Waals surface area contributed by atoms with E-state index < -0.39 is 15.9 Å². The fraction of sp³-hybridized carbons (Fsp3) is 0.261. The molecule has 3 aromatic carbocycles. The van der Waals surface area contributed by atoms with E-state index in [4.69, 9.17) is 0 Å². The number of carbonyl (C=O) groups excluding carboxylic acids is 1. The zero-order chi connectivity index (χ0) is 20.4. The first kappa shape index (κ1) is 19.5. The fourth-order valence-electron chi connectivity index (χ4n) is 4.07. The molecule has 0 saturated carbocycles. The number of phenols is 1. The molecule has 5 nitrogen and oxygen atoms in total. The molecule has 0 spiro atoms. The third kappa shape index (κ3) is 4.27. The minimum absolute atomic E-state index is 0.0654. The second-order valence-electron chi connectivity index (χ2n) is 7.60. The minimum atomic E-state index is -3.03. The topological polar surface area (TPSA) is 83.5 Å². The maximum atomic E-state index is 12.8. The van der Waals surface area contributed by atoms with Crippen molar-refractivity contribution in [3.63, 3.8) is 0 Å². The molecular weight excluding hydrogens is 386 g/mol. The standard InChI is InChI=1S/C23H23NO4S/c25-20-11-10-17-6-4-5-9-19(17)22(20)23(18-7-2-1-3-8-18)24-21(26)14-16-12-13-29(27,28)15-16/h1-11,16,23,25H,12-15H2,(H,24,26)/t16-,23+/m1/s1. The Kier molecular flexibility index (Phi) is 5.28. The van der Waals surface area contributed by atoms with Crippen molar-refractivity contribution >= 4 is 26.5 Å². The molecule has 0 radical (unpaired) electrons. The summed E-state index contributed by atoms with van der Waals surface area (Å²) in [5.74, 6) is -0.0419. The van der Waals surface area contributed by atoms with Crippen LogP contribution < -0.4 is 5.32 Å². The predicted molar refractivity (Wildman–Crippen MR) is 113 cm³/mol. The molecule has 1 saturated heterocycles. The summed E-state index contributed by atoms with van der Waals surface area (Å²) < 4.78 is 23.4. The van der Waals surface area contributed by atoms with E-state index in [1.54, 1.807) is 6.07 Å². The largest absolute Gasteiger partial charge is 0.508 e. The third-order valence-corrected chi connectivity index (χ3v) is 7.31. The number of amides is 1. The maximum Gasteiger partial charge on any atom is 0.221 e. The SMILES string of the molecule is O=C(C[C@H]1CCS(=O)(=O)C1)N[C@@H](c1ccccc1)c1c(O)ccc2ccccc12. The summed E-state index contributed by atoms with van der Waals surface area (Å²) in [6.45, 7) is 0. The highest BCUT2D eigenvalue weighted by Crippen LogP contribution is 2.36. The number of hydrogen-bond acceptors (Lipinski definition) is 4. The molecule has 3 aromatic rings. The lowest BCUT2D eigenvalue weighted by atomic mass is 9.92.